The Bertz CT molecular complexity index is 420. The predicted octanol–water partition coefficient (Wildman–Crippen LogP) is 1.01. The predicted molar refractivity (Wildman–Crippen MR) is 42.6 cm³/mol. The number of phenols is 1. The molecule has 0 aliphatic carbocycles. The molecule has 0 atom stereocenters. The third-order valence-electron chi connectivity index (χ3n) is 1.87. The summed E-state index contributed by atoms with van der Waals surface area (Å²) in [6, 6.07) is 2.93. The second kappa shape index (κ2) is 2.32. The SMILES string of the molecule is Cc1cc(O)c2c(c1)C(=O)OC2=O. The molecule has 1 heterocycles. The second-order valence-electron chi connectivity index (χ2n) is 2.88. The van der Waals surface area contributed by atoms with Gasteiger partial charge in [-0.15, -0.1) is 0 Å². The highest BCUT2D eigenvalue weighted by atomic mass is 16.6. The maximum atomic E-state index is 11.0. The molecule has 13 heavy (non-hydrogen) atoms. The highest BCUT2D eigenvalue weighted by Gasteiger charge is 2.32. The Hall–Kier alpha value is -1.84. The fourth-order valence-electron chi connectivity index (χ4n) is 1.33. The molecule has 0 spiro atoms. The van der Waals surface area contributed by atoms with Gasteiger partial charge in [-0.25, -0.2) is 9.59 Å². The Kier molecular flexibility index (Phi) is 1.39. The first-order chi connectivity index (χ1) is 6.09. The summed E-state index contributed by atoms with van der Waals surface area (Å²) in [5.41, 5.74) is 0.820. The zero-order valence-corrected chi connectivity index (χ0v) is 6.83. The van der Waals surface area contributed by atoms with E-state index in [1.165, 1.54) is 12.1 Å². The summed E-state index contributed by atoms with van der Waals surface area (Å²) in [6.45, 7) is 1.72. The minimum absolute atomic E-state index is 0.0319. The molecule has 66 valence electrons. The third kappa shape index (κ3) is 0.989. The van der Waals surface area contributed by atoms with E-state index < -0.39 is 11.9 Å². The first-order valence-electron chi connectivity index (χ1n) is 3.69. The molecule has 1 aliphatic heterocycles. The van der Waals surface area contributed by atoms with Crippen LogP contribution in [0, 0.1) is 6.92 Å². The quantitative estimate of drug-likeness (QED) is 0.475. The summed E-state index contributed by atoms with van der Waals surface area (Å²) in [5.74, 6) is -1.68. The van der Waals surface area contributed by atoms with Gasteiger partial charge >= 0.3 is 11.9 Å². The Labute approximate surface area is 73.8 Å². The molecule has 0 fully saturated rings. The van der Waals surface area contributed by atoms with Crippen LogP contribution < -0.4 is 0 Å². The number of aryl methyl sites for hydroxylation is 1. The summed E-state index contributed by atoms with van der Waals surface area (Å²) < 4.78 is 4.33. The number of esters is 2. The normalized spacial score (nSPS) is 14.2. The second-order valence-corrected chi connectivity index (χ2v) is 2.88. The molecule has 1 N–H and O–H groups in total. The minimum atomic E-state index is -0.780. The molecule has 2 rings (SSSR count). The molecule has 4 nitrogen and oxygen atoms in total. The van der Waals surface area contributed by atoms with Crippen LogP contribution in [0.4, 0.5) is 0 Å². The van der Waals surface area contributed by atoms with Crippen molar-refractivity contribution in [1.82, 2.24) is 0 Å². The Morgan fingerprint density at radius 3 is 2.62 bits per heavy atom. The summed E-state index contributed by atoms with van der Waals surface area (Å²) >= 11 is 0. The number of cyclic esters (lactones) is 2. The van der Waals surface area contributed by atoms with Crippen molar-refractivity contribution in [2.24, 2.45) is 0 Å². The lowest BCUT2D eigenvalue weighted by atomic mass is 10.1. The van der Waals surface area contributed by atoms with Crippen molar-refractivity contribution in [2.45, 2.75) is 6.92 Å². The fourth-order valence-corrected chi connectivity index (χ4v) is 1.33. The number of carbonyl (C=O) groups is 2. The van der Waals surface area contributed by atoms with Gasteiger partial charge in [-0.2, -0.15) is 0 Å². The average Bonchev–Trinajstić information content (AvgIpc) is 2.27. The van der Waals surface area contributed by atoms with E-state index >= 15 is 0 Å². The number of rotatable bonds is 0. The first-order valence-corrected chi connectivity index (χ1v) is 3.69. The molecule has 1 aromatic rings. The van der Waals surface area contributed by atoms with Gasteiger partial charge in [0, 0.05) is 0 Å². The van der Waals surface area contributed by atoms with E-state index in [1.807, 2.05) is 0 Å². The maximum Gasteiger partial charge on any atom is 0.350 e. The van der Waals surface area contributed by atoms with E-state index in [9.17, 15) is 14.7 Å². The van der Waals surface area contributed by atoms with Crippen LogP contribution in [0.15, 0.2) is 12.1 Å². The standard InChI is InChI=1S/C9H6O4/c1-4-2-5-7(6(10)3-4)9(12)13-8(5)11/h2-3,10H,1H3. The van der Waals surface area contributed by atoms with Gasteiger partial charge in [0.1, 0.15) is 11.3 Å². The van der Waals surface area contributed by atoms with Gasteiger partial charge in [0.15, 0.2) is 0 Å². The molecule has 4 heteroatoms. The third-order valence-corrected chi connectivity index (χ3v) is 1.87. The number of fused-ring (bicyclic) bond motifs is 1. The summed E-state index contributed by atoms with van der Waals surface area (Å²) in [5, 5.41) is 9.35. The van der Waals surface area contributed by atoms with E-state index in [1.54, 1.807) is 6.92 Å². The molecular formula is C9H6O4. The molecule has 0 bridgehead atoms. The van der Waals surface area contributed by atoms with Gasteiger partial charge in [0.05, 0.1) is 5.56 Å². The summed E-state index contributed by atoms with van der Waals surface area (Å²) in [7, 11) is 0. The van der Waals surface area contributed by atoms with E-state index in [0.717, 1.165) is 0 Å². The summed E-state index contributed by atoms with van der Waals surface area (Å²) in [6.07, 6.45) is 0. The maximum absolute atomic E-state index is 11.0. The lowest BCUT2D eigenvalue weighted by Crippen LogP contribution is -1.97. The topological polar surface area (TPSA) is 63.6 Å². The van der Waals surface area contributed by atoms with E-state index in [0.29, 0.717) is 5.56 Å². The van der Waals surface area contributed by atoms with Crippen molar-refractivity contribution in [3.05, 3.63) is 28.8 Å². The van der Waals surface area contributed by atoms with Crippen molar-refractivity contribution in [3.63, 3.8) is 0 Å². The minimum Gasteiger partial charge on any atom is -0.507 e. The van der Waals surface area contributed by atoms with Crippen LogP contribution in [0.3, 0.4) is 0 Å². The largest absolute Gasteiger partial charge is 0.507 e. The van der Waals surface area contributed by atoms with Crippen LogP contribution in [0.1, 0.15) is 26.3 Å². The molecule has 0 radical (unpaired) electrons. The lowest BCUT2D eigenvalue weighted by Gasteiger charge is -1.98. The van der Waals surface area contributed by atoms with Gasteiger partial charge in [-0.05, 0) is 24.6 Å². The van der Waals surface area contributed by atoms with E-state index in [-0.39, 0.29) is 16.9 Å². The van der Waals surface area contributed by atoms with Gasteiger partial charge in [-0.3, -0.25) is 0 Å². The molecular weight excluding hydrogens is 172 g/mol. The number of hydrogen-bond acceptors (Lipinski definition) is 4. The molecule has 1 aliphatic rings. The van der Waals surface area contributed by atoms with Crippen LogP contribution in [0.5, 0.6) is 5.75 Å². The lowest BCUT2D eigenvalue weighted by molar-refractivity contribution is 0.0443. The van der Waals surface area contributed by atoms with Gasteiger partial charge in [-0.1, -0.05) is 0 Å². The number of benzene rings is 1. The molecule has 0 unspecified atom stereocenters. The van der Waals surface area contributed by atoms with Crippen molar-refractivity contribution in [3.8, 4) is 5.75 Å². The average molecular weight is 178 g/mol. The van der Waals surface area contributed by atoms with E-state index in [4.69, 9.17) is 0 Å². The molecule has 0 amide bonds. The van der Waals surface area contributed by atoms with Crippen molar-refractivity contribution < 1.29 is 19.4 Å². The highest BCUT2D eigenvalue weighted by molar-refractivity contribution is 6.16. The van der Waals surface area contributed by atoms with Crippen LogP contribution >= 0.6 is 0 Å². The van der Waals surface area contributed by atoms with Crippen molar-refractivity contribution >= 4 is 11.9 Å². The highest BCUT2D eigenvalue weighted by Crippen LogP contribution is 2.29. The Balaban J connectivity index is 2.77. The van der Waals surface area contributed by atoms with Crippen LogP contribution in [-0.2, 0) is 4.74 Å². The molecule has 1 aromatic carbocycles. The molecule has 0 aromatic heterocycles. The van der Waals surface area contributed by atoms with Crippen LogP contribution in [-0.4, -0.2) is 17.0 Å². The van der Waals surface area contributed by atoms with Gasteiger partial charge in [0.2, 0.25) is 0 Å². The number of phenolic OH excluding ortho intramolecular Hbond substituents is 1. The smallest absolute Gasteiger partial charge is 0.350 e. The van der Waals surface area contributed by atoms with Crippen molar-refractivity contribution in [1.29, 1.82) is 0 Å². The number of aromatic hydroxyl groups is 1. The Morgan fingerprint density at radius 2 is 1.92 bits per heavy atom. The zero-order chi connectivity index (χ0) is 9.59. The fraction of sp³-hybridized carbons (Fsp3) is 0.111. The van der Waals surface area contributed by atoms with Crippen LogP contribution in [0.2, 0.25) is 0 Å². The monoisotopic (exact) mass is 178 g/mol. The molecule has 0 saturated carbocycles. The van der Waals surface area contributed by atoms with Crippen LogP contribution in [0.25, 0.3) is 0 Å². The number of hydrogen-bond donors (Lipinski definition) is 1. The first kappa shape index (κ1) is 7.79. The zero-order valence-electron chi connectivity index (χ0n) is 6.83. The number of carbonyl (C=O) groups excluding carboxylic acids is 2. The Morgan fingerprint density at radius 1 is 1.23 bits per heavy atom. The van der Waals surface area contributed by atoms with E-state index in [2.05, 4.69) is 4.74 Å². The summed E-state index contributed by atoms with van der Waals surface area (Å²) in [4.78, 5) is 22.0. The van der Waals surface area contributed by atoms with Crippen molar-refractivity contribution in [2.75, 3.05) is 0 Å². The van der Waals surface area contributed by atoms with Gasteiger partial charge in [0.25, 0.3) is 0 Å². The molecule has 0 saturated heterocycles. The number of ether oxygens (including phenoxy) is 1. The van der Waals surface area contributed by atoms with Gasteiger partial charge < -0.3 is 9.84 Å².